The summed E-state index contributed by atoms with van der Waals surface area (Å²) in [4.78, 5) is 25.8. The lowest BCUT2D eigenvalue weighted by Crippen LogP contribution is -2.55. The van der Waals surface area contributed by atoms with Crippen molar-refractivity contribution in [3.05, 3.63) is 52.4 Å². The first-order valence-corrected chi connectivity index (χ1v) is 16.8. The number of nitriles is 1. The molecule has 0 spiro atoms. The highest BCUT2D eigenvalue weighted by Crippen LogP contribution is 2.49. The number of hydrogen-bond acceptors (Lipinski definition) is 10. The summed E-state index contributed by atoms with van der Waals surface area (Å²) in [5.74, 6) is -1.44. The number of halogens is 3. The minimum Gasteiger partial charge on any atom is -0.463 e. The summed E-state index contributed by atoms with van der Waals surface area (Å²) in [5, 5.41) is 10.7. The number of carbonyl (C=O) groups excluding carboxylic acids is 1. The number of rotatable bonds is 8. The molecule has 10 nitrogen and oxygen atoms in total. The summed E-state index contributed by atoms with van der Waals surface area (Å²) in [7, 11) is 0. The van der Waals surface area contributed by atoms with Crippen LogP contribution in [0.3, 0.4) is 0 Å². The highest BCUT2D eigenvalue weighted by Gasteiger charge is 2.45. The van der Waals surface area contributed by atoms with Gasteiger partial charge in [0.2, 0.25) is 5.91 Å². The van der Waals surface area contributed by atoms with E-state index in [9.17, 15) is 18.8 Å². The summed E-state index contributed by atoms with van der Waals surface area (Å²) in [5.41, 5.74) is 14.2. The van der Waals surface area contributed by atoms with Crippen molar-refractivity contribution in [2.75, 3.05) is 43.4 Å². The summed E-state index contributed by atoms with van der Waals surface area (Å²) in [6.45, 7) is 3.32. The predicted molar refractivity (Wildman–Crippen MR) is 175 cm³/mol. The van der Waals surface area contributed by atoms with Crippen molar-refractivity contribution in [3.8, 4) is 23.2 Å². The monoisotopic (exact) mass is 675 g/mol. The predicted octanol–water partition coefficient (Wildman–Crippen LogP) is 5.45. The first-order chi connectivity index (χ1) is 23.2. The zero-order valence-corrected chi connectivity index (χ0v) is 26.8. The Morgan fingerprint density at radius 3 is 2.60 bits per heavy atom. The second kappa shape index (κ2) is 11.6. The smallest absolute Gasteiger partial charge is 0.319 e. The molecule has 1 atom stereocenters. The summed E-state index contributed by atoms with van der Waals surface area (Å²) in [6, 6.07) is 4.09. The van der Waals surface area contributed by atoms with E-state index < -0.39 is 23.6 Å². The fraction of sp³-hybridized carbons (Fsp3) is 0.412. The Bertz CT molecular complexity index is 2080. The van der Waals surface area contributed by atoms with Gasteiger partial charge in [0.15, 0.2) is 5.82 Å². The lowest BCUT2D eigenvalue weighted by molar-refractivity contribution is -0.120. The molecule has 2 aromatic heterocycles. The maximum Gasteiger partial charge on any atom is 0.319 e. The zero-order chi connectivity index (χ0) is 33.3. The van der Waals surface area contributed by atoms with Crippen LogP contribution in [0.25, 0.3) is 32.1 Å². The average molecular weight is 676 g/mol. The van der Waals surface area contributed by atoms with Gasteiger partial charge in [0.25, 0.3) is 0 Å². The Hall–Kier alpha value is -4.45. The van der Waals surface area contributed by atoms with Crippen molar-refractivity contribution in [3.63, 3.8) is 0 Å². The Balaban J connectivity index is 1.25. The molecule has 248 valence electrons. The van der Waals surface area contributed by atoms with Crippen LogP contribution in [0, 0.1) is 28.4 Å². The Labute approximate surface area is 277 Å². The molecule has 2 saturated heterocycles. The van der Waals surface area contributed by atoms with Gasteiger partial charge < -0.3 is 30.7 Å². The topological polar surface area (TPSA) is 144 Å². The van der Waals surface area contributed by atoms with Gasteiger partial charge in [-0.3, -0.25) is 4.79 Å². The van der Waals surface area contributed by atoms with Crippen LogP contribution in [0.5, 0.6) is 6.01 Å². The molecule has 4 aromatic rings. The number of nitrogens with two attached hydrogens (primary N) is 2. The number of ether oxygens (including phenoxy) is 2. The van der Waals surface area contributed by atoms with Crippen LogP contribution in [-0.2, 0) is 22.7 Å². The van der Waals surface area contributed by atoms with Crippen LogP contribution < -0.4 is 21.1 Å². The van der Waals surface area contributed by atoms with Crippen molar-refractivity contribution in [2.45, 2.75) is 51.4 Å². The number of hydrogen-bond donors (Lipinski definition) is 2. The van der Waals surface area contributed by atoms with Crippen molar-refractivity contribution in [1.82, 2.24) is 14.9 Å². The Morgan fingerprint density at radius 1 is 1.17 bits per heavy atom. The largest absolute Gasteiger partial charge is 0.463 e. The number of nitrogen functional groups attached to an aromatic ring is 1. The SMILES string of the molecule is N#Cc1c(N)sc2c(F)ccc(-c3c4c(c5c(N6CC[C@@H]6C(N)=O)nc(OCC6(CN7CCC(=CF)CC7)CC6)nc5c3F)COC4)c12. The molecule has 3 fully saturated rings. The number of carbonyl (C=O) groups is 1. The maximum atomic E-state index is 17.2. The number of aromatic nitrogens is 2. The minimum atomic E-state index is -0.702. The number of primary amides is 1. The molecule has 1 amide bonds. The van der Waals surface area contributed by atoms with Crippen molar-refractivity contribution >= 4 is 49.1 Å². The molecule has 8 rings (SSSR count). The molecular formula is C34H32F3N7O3S. The maximum absolute atomic E-state index is 17.2. The fourth-order valence-electron chi connectivity index (χ4n) is 7.31. The number of nitrogens with zero attached hydrogens (tertiary/aromatic N) is 5. The van der Waals surface area contributed by atoms with Crippen molar-refractivity contribution in [2.24, 2.45) is 11.1 Å². The molecule has 5 heterocycles. The number of benzene rings is 2. The fourth-order valence-corrected chi connectivity index (χ4v) is 8.26. The van der Waals surface area contributed by atoms with Crippen LogP contribution >= 0.6 is 11.3 Å². The van der Waals surface area contributed by atoms with Crippen molar-refractivity contribution < 1.29 is 27.4 Å². The molecule has 0 radical (unpaired) electrons. The second-order valence-corrected chi connectivity index (χ2v) is 14.2. The highest BCUT2D eigenvalue weighted by molar-refractivity contribution is 7.23. The summed E-state index contributed by atoms with van der Waals surface area (Å²) >= 11 is 0.940. The van der Waals surface area contributed by atoms with E-state index in [2.05, 4.69) is 16.0 Å². The molecule has 4 aliphatic rings. The lowest BCUT2D eigenvalue weighted by Gasteiger charge is -2.40. The van der Waals surface area contributed by atoms with Crippen LogP contribution in [0.4, 0.5) is 24.0 Å². The van der Waals surface area contributed by atoms with Gasteiger partial charge >= 0.3 is 6.01 Å². The molecule has 0 unspecified atom stereocenters. The third-order valence-corrected chi connectivity index (χ3v) is 11.3. The Kier molecular flexibility index (Phi) is 7.46. The van der Waals surface area contributed by atoms with E-state index in [1.54, 1.807) is 4.90 Å². The number of thiophene rings is 1. The van der Waals surface area contributed by atoms with E-state index in [0.29, 0.717) is 66.6 Å². The van der Waals surface area contributed by atoms with E-state index in [1.165, 1.54) is 12.1 Å². The van der Waals surface area contributed by atoms with Crippen LogP contribution in [-0.4, -0.2) is 59.6 Å². The lowest BCUT2D eigenvalue weighted by atomic mass is 9.90. The van der Waals surface area contributed by atoms with E-state index in [-0.39, 0.29) is 56.4 Å². The van der Waals surface area contributed by atoms with Gasteiger partial charge in [-0.15, -0.1) is 11.3 Å². The summed E-state index contributed by atoms with van der Waals surface area (Å²) < 4.78 is 57.4. The van der Waals surface area contributed by atoms with E-state index in [4.69, 9.17) is 25.9 Å². The standard InChI is InChI=1S/C34H32F3N7O3S/c35-11-17-3-8-43(9-4-17)15-34(6-7-34)16-47-33-41-28-26(32(42-33)44-10-5-23(44)30(39)45)21-14-46-13-20(21)24(27(28)37)18-1-2-22(36)29-25(18)19(12-38)31(40)48-29/h1-2,11,23H,3-10,13-16,40H2,(H2,39,45)/t23-/m1/s1. The molecule has 0 bridgehead atoms. The van der Waals surface area contributed by atoms with Crippen LogP contribution in [0.15, 0.2) is 24.0 Å². The molecule has 3 aliphatic heterocycles. The molecule has 2 aromatic carbocycles. The number of likely N-dealkylation sites (tertiary alicyclic amines) is 1. The number of fused-ring (bicyclic) bond motifs is 4. The third kappa shape index (κ3) is 4.94. The van der Waals surface area contributed by atoms with Gasteiger partial charge in [0, 0.05) is 42.5 Å². The Morgan fingerprint density at radius 2 is 1.94 bits per heavy atom. The van der Waals surface area contributed by atoms with Crippen molar-refractivity contribution in [1.29, 1.82) is 5.26 Å². The third-order valence-electron chi connectivity index (χ3n) is 10.3. The second-order valence-electron chi connectivity index (χ2n) is 13.2. The number of anilines is 2. The molecular weight excluding hydrogens is 643 g/mol. The quantitative estimate of drug-likeness (QED) is 0.249. The number of amides is 1. The summed E-state index contributed by atoms with van der Waals surface area (Å²) in [6.07, 6.45) is 4.53. The molecule has 1 aliphatic carbocycles. The number of piperidine rings is 1. The first kappa shape index (κ1) is 30.9. The van der Waals surface area contributed by atoms with Gasteiger partial charge in [-0.05, 0) is 60.4 Å². The average Bonchev–Trinajstić information content (AvgIpc) is 3.48. The molecule has 1 saturated carbocycles. The van der Waals surface area contributed by atoms with Gasteiger partial charge in [-0.25, -0.2) is 13.2 Å². The molecule has 48 heavy (non-hydrogen) atoms. The van der Waals surface area contributed by atoms with Gasteiger partial charge in [0.1, 0.15) is 34.3 Å². The highest BCUT2D eigenvalue weighted by atomic mass is 32.1. The molecule has 14 heteroatoms. The van der Waals surface area contributed by atoms with Gasteiger partial charge in [-0.1, -0.05) is 6.07 Å². The van der Waals surface area contributed by atoms with E-state index in [0.717, 1.165) is 49.4 Å². The van der Waals surface area contributed by atoms with Gasteiger partial charge in [-0.2, -0.15) is 15.2 Å². The zero-order valence-electron chi connectivity index (χ0n) is 26.0. The normalized spacial score (nSPS) is 20.1. The molecule has 4 N–H and O–H groups in total. The van der Waals surface area contributed by atoms with E-state index >= 15 is 4.39 Å². The first-order valence-electron chi connectivity index (χ1n) is 15.9. The van der Waals surface area contributed by atoms with Crippen LogP contribution in [0.2, 0.25) is 0 Å². The van der Waals surface area contributed by atoms with E-state index in [1.807, 2.05) is 0 Å². The van der Waals surface area contributed by atoms with Gasteiger partial charge in [0.05, 0.1) is 41.8 Å². The van der Waals surface area contributed by atoms with Crippen LogP contribution in [0.1, 0.15) is 48.8 Å². The minimum absolute atomic E-state index is 0.0324.